The second kappa shape index (κ2) is 5.59. The van der Waals surface area contributed by atoms with Crippen molar-refractivity contribution in [3.8, 4) is 0 Å². The third-order valence-electron chi connectivity index (χ3n) is 4.54. The molecule has 0 aliphatic rings. The van der Waals surface area contributed by atoms with Crippen LogP contribution in [-0.4, -0.2) is 47.2 Å². The summed E-state index contributed by atoms with van der Waals surface area (Å²) in [6.45, 7) is 28.5. The molecule has 0 saturated carbocycles. The Balaban J connectivity index is 6.91. The van der Waals surface area contributed by atoms with Gasteiger partial charge in [-0.2, -0.15) is 4.79 Å². The zero-order valence-corrected chi connectivity index (χ0v) is 20.9. The van der Waals surface area contributed by atoms with Crippen LogP contribution in [0, 0.1) is 0 Å². The minimum Gasteiger partial charge on any atom is -0.363 e. The lowest BCUT2D eigenvalue weighted by Crippen LogP contribution is -2.89. The fourth-order valence-electron chi connectivity index (χ4n) is 5.23. The van der Waals surface area contributed by atoms with Crippen molar-refractivity contribution in [2.75, 3.05) is 0 Å². The second-order valence-corrected chi connectivity index (χ2v) is 55.9. The van der Waals surface area contributed by atoms with Gasteiger partial charge in [0.25, 0.3) is 0 Å². The average molecular weight is 361 g/mol. The van der Waals surface area contributed by atoms with Crippen molar-refractivity contribution < 1.29 is 4.79 Å². The number of nitrogens with zero attached hydrogens (tertiary/aromatic N) is 2. The van der Waals surface area contributed by atoms with Crippen molar-refractivity contribution in [2.24, 2.45) is 0 Å². The van der Waals surface area contributed by atoms with E-state index < -0.39 is 37.5 Å². The van der Waals surface area contributed by atoms with Crippen LogP contribution in [0.4, 0.5) is 0 Å². The van der Waals surface area contributed by atoms with E-state index in [9.17, 15) is 5.53 Å². The SMILES string of the molecule is C[Si](C)(C)C(=[N+]=[N-])[Si]([Si](C)(C)C)([Si](C)(C)C)[Si](C)(C)C. The van der Waals surface area contributed by atoms with Gasteiger partial charge >= 0.3 is 0 Å². The maximum atomic E-state index is 10.0. The van der Waals surface area contributed by atoms with Gasteiger partial charge in [-0.15, -0.1) is 0 Å². The number of hydrogen-bond acceptors (Lipinski definition) is 0. The molecule has 20 heavy (non-hydrogen) atoms. The van der Waals surface area contributed by atoms with E-state index in [0.29, 0.717) is 0 Å². The normalized spacial score (nSPS) is 15.0. The molecule has 0 aliphatic heterocycles. The molecule has 2 nitrogen and oxygen atoms in total. The van der Waals surface area contributed by atoms with E-state index in [-0.39, 0.29) is 0 Å². The minimum atomic E-state index is -1.69. The molecule has 0 aromatic rings. The Hall–Kier alpha value is 0.464. The Labute approximate surface area is 131 Å². The van der Waals surface area contributed by atoms with E-state index >= 15 is 0 Å². The molecule has 118 valence electrons. The first kappa shape index (κ1) is 20.5. The summed E-state index contributed by atoms with van der Waals surface area (Å²) < 4.78 is 0. The quantitative estimate of drug-likeness (QED) is 0.293. The molecule has 0 heterocycles. The summed E-state index contributed by atoms with van der Waals surface area (Å²) in [6, 6.07) is 0. The van der Waals surface area contributed by atoms with E-state index in [4.69, 9.17) is 0 Å². The van der Waals surface area contributed by atoms with E-state index in [1.807, 2.05) is 0 Å². The monoisotopic (exact) mass is 360 g/mol. The molecule has 0 amide bonds. The van der Waals surface area contributed by atoms with Crippen LogP contribution in [0.25, 0.3) is 5.53 Å². The molecule has 0 N–H and O–H groups in total. The Bertz CT molecular complexity index is 376. The largest absolute Gasteiger partial charge is 0.363 e. The third kappa shape index (κ3) is 3.28. The van der Waals surface area contributed by atoms with E-state index in [1.54, 1.807) is 0 Å². The average Bonchev–Trinajstić information content (AvgIpc) is 2.04. The van der Waals surface area contributed by atoms with Gasteiger partial charge in [0.1, 0.15) is 0 Å². The summed E-state index contributed by atoms with van der Waals surface area (Å²) in [4.78, 5) is 5.44. The highest BCUT2D eigenvalue weighted by Gasteiger charge is 2.70. The van der Waals surface area contributed by atoms with Gasteiger partial charge in [0.15, 0.2) is 14.7 Å². The van der Waals surface area contributed by atoms with Gasteiger partial charge in [0, 0.05) is 22.8 Å². The van der Waals surface area contributed by atoms with Crippen molar-refractivity contribution >= 4 is 42.4 Å². The smallest absolute Gasteiger partial charge is 0.201 e. The highest BCUT2D eigenvalue weighted by molar-refractivity contribution is 7.99. The lowest BCUT2D eigenvalue weighted by molar-refractivity contribution is 0.00268. The summed E-state index contributed by atoms with van der Waals surface area (Å²) in [5.74, 6) is 0. The van der Waals surface area contributed by atoms with Crippen LogP contribution in [-0.2, 0) is 0 Å². The van der Waals surface area contributed by atoms with Crippen molar-refractivity contribution in [3.63, 3.8) is 0 Å². The maximum absolute atomic E-state index is 10.0. The first-order valence-corrected chi connectivity index (χ1v) is 26.7. The van der Waals surface area contributed by atoms with Crippen LogP contribution in [0.5, 0.6) is 0 Å². The van der Waals surface area contributed by atoms with E-state index in [0.717, 1.165) is 0 Å². The van der Waals surface area contributed by atoms with Gasteiger partial charge in [-0.05, 0) is 0 Å². The summed E-state index contributed by atoms with van der Waals surface area (Å²) in [6.07, 6.45) is 0. The van der Waals surface area contributed by atoms with Crippen LogP contribution < -0.4 is 0 Å². The molecule has 0 spiro atoms. The van der Waals surface area contributed by atoms with Gasteiger partial charge in [-0.25, -0.2) is 0 Å². The third-order valence-corrected chi connectivity index (χ3v) is 82.1. The van der Waals surface area contributed by atoms with Crippen LogP contribution in [0.2, 0.25) is 78.6 Å². The molecule has 0 radical (unpaired) electrons. The number of rotatable bonds is 5. The fraction of sp³-hybridized carbons (Fsp3) is 0.923. The predicted octanol–water partition coefficient (Wildman–Crippen LogP) is 4.77. The molecule has 0 fully saturated rings. The predicted molar refractivity (Wildman–Crippen MR) is 108 cm³/mol. The molecule has 7 heteroatoms. The Morgan fingerprint density at radius 1 is 0.600 bits per heavy atom. The number of hydrogen-bond donors (Lipinski definition) is 0. The zero-order valence-electron chi connectivity index (χ0n) is 15.9. The van der Waals surface area contributed by atoms with Gasteiger partial charge in [-0.1, -0.05) is 78.6 Å². The second-order valence-electron chi connectivity index (χ2n) is 10.2. The van der Waals surface area contributed by atoms with Crippen molar-refractivity contribution in [2.45, 2.75) is 78.6 Å². The topological polar surface area (TPSA) is 36.4 Å². The van der Waals surface area contributed by atoms with Crippen molar-refractivity contribution in [1.29, 1.82) is 0 Å². The summed E-state index contributed by atoms with van der Waals surface area (Å²) in [7, 11) is -5.77. The van der Waals surface area contributed by atoms with Crippen molar-refractivity contribution in [1.82, 2.24) is 0 Å². The molecular weight excluding hydrogens is 325 g/mol. The first-order chi connectivity index (χ1) is 8.44. The van der Waals surface area contributed by atoms with Crippen LogP contribution in [0.1, 0.15) is 0 Å². The molecule has 0 rings (SSSR count). The molecule has 0 aliphatic carbocycles. The molecule has 0 saturated heterocycles. The summed E-state index contributed by atoms with van der Waals surface area (Å²) in [5.41, 5.74) is 10.0. The van der Waals surface area contributed by atoms with Gasteiger partial charge in [-0.3, -0.25) is 0 Å². The lowest BCUT2D eigenvalue weighted by Gasteiger charge is -2.55. The van der Waals surface area contributed by atoms with E-state index in [1.165, 1.54) is 4.96 Å². The van der Waals surface area contributed by atoms with Gasteiger partial charge in [0.2, 0.25) is 4.96 Å². The summed E-state index contributed by atoms with van der Waals surface area (Å²) >= 11 is 0. The van der Waals surface area contributed by atoms with E-state index in [2.05, 4.69) is 83.4 Å². The van der Waals surface area contributed by atoms with Crippen LogP contribution in [0.15, 0.2) is 0 Å². The minimum absolute atomic E-state index is 1.36. The molecule has 0 unspecified atom stereocenters. The Kier molecular flexibility index (Phi) is 5.72. The first-order valence-electron chi connectivity index (χ1n) is 7.67. The molecule has 0 aromatic heterocycles. The van der Waals surface area contributed by atoms with Gasteiger partial charge < -0.3 is 5.53 Å². The Morgan fingerprint density at radius 2 is 0.850 bits per heavy atom. The zero-order chi connectivity index (χ0) is 16.8. The Morgan fingerprint density at radius 3 is 0.900 bits per heavy atom. The van der Waals surface area contributed by atoms with Crippen LogP contribution in [0.3, 0.4) is 0 Å². The highest BCUT2D eigenvalue weighted by atomic mass is 29.9. The van der Waals surface area contributed by atoms with Crippen LogP contribution >= 0.6 is 0 Å². The highest BCUT2D eigenvalue weighted by Crippen LogP contribution is 2.39. The van der Waals surface area contributed by atoms with Gasteiger partial charge in [0.05, 0.1) is 0 Å². The maximum Gasteiger partial charge on any atom is 0.201 e. The molecule has 0 bridgehead atoms. The molecular formula is C13H36N2Si5. The standard InChI is InChI=1S/C13H36N2Si5/c1-16(2,3)13(15-14)20(17(4,5)6,18(7,8)9)19(10,11)12/h1-12H3. The lowest BCUT2D eigenvalue weighted by atomic mass is 11.6. The molecule has 0 atom stereocenters. The van der Waals surface area contributed by atoms with Crippen molar-refractivity contribution in [3.05, 3.63) is 5.53 Å². The molecule has 0 aromatic carbocycles. The fourth-order valence-corrected chi connectivity index (χ4v) is 127. The summed E-state index contributed by atoms with van der Waals surface area (Å²) in [5, 5.41) is 0.